The Kier molecular flexibility index (Phi) is 5.06. The average molecular weight is 377 g/mol. The highest BCUT2D eigenvalue weighted by Gasteiger charge is 2.44. The van der Waals surface area contributed by atoms with Crippen LogP contribution in [0.5, 0.6) is 0 Å². The molecule has 0 heterocycles. The largest absolute Gasteiger partial charge is 0.201 e. The van der Waals surface area contributed by atoms with E-state index in [1.54, 1.807) is 0 Å². The van der Waals surface area contributed by atoms with Crippen molar-refractivity contribution in [1.82, 2.24) is 0 Å². The zero-order valence-corrected chi connectivity index (χ0v) is 17.6. The topological polar surface area (TPSA) is 0 Å². The summed E-state index contributed by atoms with van der Waals surface area (Å²) in [5.74, 6) is 0. The van der Waals surface area contributed by atoms with Gasteiger partial charge in [0.05, 0.1) is 5.74 Å². The first-order valence-corrected chi connectivity index (χ1v) is 13.1. The number of rotatable bonds is 5. The first-order chi connectivity index (χ1) is 13.7. The van der Waals surface area contributed by atoms with Gasteiger partial charge < -0.3 is 0 Å². The molecule has 0 N–H and O–H groups in total. The molecule has 2 heteroatoms. The Morgan fingerprint density at radius 2 is 0.714 bits per heavy atom. The first-order valence-electron chi connectivity index (χ1n) is 10.0. The minimum absolute atomic E-state index is 1.11. The number of benzene rings is 4. The lowest BCUT2D eigenvalue weighted by Gasteiger charge is -2.54. The summed E-state index contributed by atoms with van der Waals surface area (Å²) in [7, 11) is -2.02. The molecule has 0 radical (unpaired) electrons. The molecular weight excluding hydrogens is 351 g/mol. The summed E-state index contributed by atoms with van der Waals surface area (Å²) in [5.41, 5.74) is 3.18. The summed E-state index contributed by atoms with van der Waals surface area (Å²) in [6, 6.07) is 44.6. The van der Waals surface area contributed by atoms with Crippen LogP contribution in [0.4, 0.5) is 0 Å². The summed E-state index contributed by atoms with van der Waals surface area (Å²) >= 11 is 0. The maximum Gasteiger partial charge on any atom is 0.0874 e. The Morgan fingerprint density at radius 3 is 1.04 bits per heavy atom. The van der Waals surface area contributed by atoms with Gasteiger partial charge in [0, 0.05) is 0 Å². The molecule has 0 bridgehead atoms. The Hall–Kier alpha value is -2.84. The van der Waals surface area contributed by atoms with Crippen molar-refractivity contribution in [2.75, 3.05) is 0 Å². The van der Waals surface area contributed by atoms with Crippen LogP contribution in [0.15, 0.2) is 121 Å². The monoisotopic (exact) mass is 377 g/mol. The van der Waals surface area contributed by atoms with Crippen LogP contribution in [0.1, 0.15) is 0 Å². The second kappa shape index (κ2) is 7.65. The predicted octanol–water partition coefficient (Wildman–Crippen LogP) is 3.85. The molecule has 0 aliphatic rings. The lowest BCUT2D eigenvalue weighted by atomic mass is 9.34. The van der Waals surface area contributed by atoms with Gasteiger partial charge in [0.25, 0.3) is 0 Å². The molecule has 0 atom stereocenters. The van der Waals surface area contributed by atoms with E-state index in [2.05, 4.69) is 134 Å². The van der Waals surface area contributed by atoms with Crippen LogP contribution in [0.25, 0.3) is 0 Å². The summed E-state index contributed by atoms with van der Waals surface area (Å²) < 4.78 is 0. The predicted molar refractivity (Wildman–Crippen MR) is 128 cm³/mol. The lowest BCUT2D eigenvalue weighted by molar-refractivity contribution is 1.67. The number of hydrogen-bond donors (Lipinski definition) is 0. The van der Waals surface area contributed by atoms with Gasteiger partial charge in [-0.3, -0.25) is 0 Å². The van der Waals surface area contributed by atoms with Gasteiger partial charge >= 0.3 is 0 Å². The van der Waals surface area contributed by atoms with Gasteiger partial charge in [0.1, 0.15) is 0 Å². The van der Waals surface area contributed by atoms with E-state index in [9.17, 15) is 0 Å². The highest BCUT2D eigenvalue weighted by Crippen LogP contribution is 2.21. The minimum Gasteiger partial charge on any atom is -0.201 e. The molecule has 0 saturated heterocycles. The molecule has 0 aliphatic heterocycles. The van der Waals surface area contributed by atoms with E-state index in [0.29, 0.717) is 0 Å². The normalized spacial score (nSPS) is 11.9. The van der Waals surface area contributed by atoms with Crippen molar-refractivity contribution >= 4 is 35.3 Å². The second-order valence-corrected chi connectivity index (χ2v) is 13.1. The van der Waals surface area contributed by atoms with Crippen molar-refractivity contribution < 1.29 is 0 Å². The van der Waals surface area contributed by atoms with Gasteiger partial charge in [-0.15, -0.1) is 0 Å². The van der Waals surface area contributed by atoms with Crippen molar-refractivity contribution in [3.8, 4) is 0 Å². The Morgan fingerprint density at radius 1 is 0.429 bits per heavy atom. The summed E-state index contributed by atoms with van der Waals surface area (Å²) in [6.07, 6.45) is 0. The van der Waals surface area contributed by atoms with Crippen LogP contribution < -0.4 is 21.6 Å². The van der Waals surface area contributed by atoms with Crippen molar-refractivity contribution in [1.29, 1.82) is 0 Å². The Bertz CT molecular complexity index is 916. The van der Waals surface area contributed by atoms with E-state index in [-0.39, 0.29) is 0 Å². The maximum absolute atomic E-state index is 2.54. The van der Waals surface area contributed by atoms with Crippen LogP contribution in [0.3, 0.4) is 0 Å². The fourth-order valence-corrected chi connectivity index (χ4v) is 9.80. The van der Waals surface area contributed by atoms with Gasteiger partial charge in [0.2, 0.25) is 0 Å². The van der Waals surface area contributed by atoms with Crippen molar-refractivity contribution in [3.63, 3.8) is 0 Å². The Balaban J connectivity index is 2.14. The third kappa shape index (κ3) is 2.94. The van der Waals surface area contributed by atoms with Crippen molar-refractivity contribution in [2.45, 2.75) is 13.1 Å². The van der Waals surface area contributed by atoms with E-state index in [1.807, 2.05) is 0 Å². The van der Waals surface area contributed by atoms with Gasteiger partial charge in [-0.05, 0) is 0 Å². The maximum atomic E-state index is 2.54. The van der Waals surface area contributed by atoms with Gasteiger partial charge in [0.15, 0.2) is 0 Å². The molecule has 4 aromatic carbocycles. The quantitative estimate of drug-likeness (QED) is 0.464. The zero-order valence-electron chi connectivity index (χ0n) is 16.6. The third-order valence-corrected chi connectivity index (χ3v) is 11.5. The fraction of sp³-hybridized carbons (Fsp3) is 0.0769. The summed E-state index contributed by atoms with van der Waals surface area (Å²) in [5, 5.41) is 1.49. The van der Waals surface area contributed by atoms with Crippen LogP contribution >= 0.6 is 0 Å². The van der Waals surface area contributed by atoms with Gasteiger partial charge in [-0.2, -0.15) is 0 Å². The van der Waals surface area contributed by atoms with Crippen LogP contribution in [0, 0.1) is 0 Å². The van der Waals surface area contributed by atoms with Crippen LogP contribution in [-0.4, -0.2) is 13.7 Å². The van der Waals surface area contributed by atoms with Crippen molar-refractivity contribution in [2.24, 2.45) is 0 Å². The molecule has 0 saturated carbocycles. The van der Waals surface area contributed by atoms with E-state index in [1.165, 1.54) is 21.6 Å². The molecule has 0 aliphatic carbocycles. The molecule has 4 rings (SSSR count). The van der Waals surface area contributed by atoms with Crippen molar-refractivity contribution in [3.05, 3.63) is 121 Å². The fourth-order valence-electron chi connectivity index (χ4n) is 5.17. The smallest absolute Gasteiger partial charge is 0.0874 e. The van der Waals surface area contributed by atoms with E-state index < -0.39 is 13.7 Å². The minimum atomic E-state index is -2.02. The number of hydrogen-bond acceptors (Lipinski definition) is 0. The van der Waals surface area contributed by atoms with Gasteiger partial charge in [-0.1, -0.05) is 148 Å². The van der Waals surface area contributed by atoms with E-state index in [4.69, 9.17) is 0 Å². The van der Waals surface area contributed by atoms with E-state index >= 15 is 0 Å². The van der Waals surface area contributed by atoms with E-state index in [0.717, 1.165) is 0 Å². The molecular formula is C26H26BSi-. The molecule has 0 nitrogen and oxygen atoms in total. The molecule has 0 aromatic heterocycles. The molecule has 0 unspecified atom stereocenters. The molecule has 0 spiro atoms. The first kappa shape index (κ1) is 18.5. The third-order valence-electron chi connectivity index (χ3n) is 6.50. The summed E-state index contributed by atoms with van der Waals surface area (Å²) in [6.45, 7) is 5.07. The molecule has 0 fully saturated rings. The summed E-state index contributed by atoms with van der Waals surface area (Å²) in [4.78, 5) is 0. The van der Waals surface area contributed by atoms with Crippen LogP contribution in [0.2, 0.25) is 13.1 Å². The standard InChI is InChI=1S/C26H26BSi/c1-28(2,26-21-13-6-14-22-26)27(23-15-7-3-8-16-23,24-17-9-4-10-18-24)25-19-11-5-12-20-25/h3-22H,1-2H3/q-1. The highest BCUT2D eigenvalue weighted by atomic mass is 28.3. The lowest BCUT2D eigenvalue weighted by Crippen LogP contribution is -2.84. The molecule has 138 valence electrons. The average Bonchev–Trinajstić information content (AvgIpc) is 2.77. The molecule has 0 amide bonds. The Labute approximate surface area is 169 Å². The molecule has 28 heavy (non-hydrogen) atoms. The SMILES string of the molecule is C[Si](C)(c1ccccc1)[B-](c1ccccc1)(c1ccccc1)c1ccccc1. The zero-order chi connectivity index (χ0) is 19.5. The highest BCUT2D eigenvalue weighted by molar-refractivity contribution is 7.59. The van der Waals surface area contributed by atoms with Gasteiger partial charge in [-0.25, -0.2) is 16.4 Å². The molecule has 4 aromatic rings. The second-order valence-electron chi connectivity index (χ2n) is 8.19. The van der Waals surface area contributed by atoms with Crippen LogP contribution in [-0.2, 0) is 0 Å².